The number of fused-ring (bicyclic) bond motifs is 1. The van der Waals surface area contributed by atoms with Crippen LogP contribution in [0, 0.1) is 5.41 Å². The normalized spacial score (nSPS) is 23.3. The predicted octanol–water partition coefficient (Wildman–Crippen LogP) is 3.80. The number of pyridine rings is 2. The number of nitrogens with one attached hydrogen (secondary N) is 1. The van der Waals surface area contributed by atoms with Gasteiger partial charge in [-0.2, -0.15) is 0 Å². The molecule has 4 aromatic rings. The minimum absolute atomic E-state index is 0.00918. The highest BCUT2D eigenvalue weighted by molar-refractivity contribution is 5.99. The molecule has 0 unspecified atom stereocenters. The first kappa shape index (κ1) is 24.6. The number of aromatic nitrogens is 4. The Morgan fingerprint density at radius 2 is 1.82 bits per heavy atom. The van der Waals surface area contributed by atoms with E-state index in [-0.39, 0.29) is 29.3 Å². The maximum absolute atomic E-state index is 13.2. The largest absolute Gasteiger partial charge is 0.487 e. The summed E-state index contributed by atoms with van der Waals surface area (Å²) in [6, 6.07) is 17.2. The number of carbonyl (C=O) groups excluding carboxylic acids is 2. The fourth-order valence-electron chi connectivity index (χ4n) is 6.21. The second kappa shape index (κ2) is 9.62. The molecule has 7 rings (SSSR count). The van der Waals surface area contributed by atoms with E-state index < -0.39 is 5.91 Å². The number of nitrogens with two attached hydrogens (primary N) is 1. The number of rotatable bonds is 9. The molecule has 3 fully saturated rings. The van der Waals surface area contributed by atoms with E-state index in [0.717, 1.165) is 55.5 Å². The van der Waals surface area contributed by atoms with E-state index in [1.165, 1.54) is 0 Å². The highest BCUT2D eigenvalue weighted by Gasteiger charge is 2.54. The van der Waals surface area contributed by atoms with Crippen LogP contribution in [0.3, 0.4) is 0 Å². The summed E-state index contributed by atoms with van der Waals surface area (Å²) in [7, 11) is 0. The van der Waals surface area contributed by atoms with Gasteiger partial charge in [0.2, 0.25) is 5.88 Å². The smallest absolute Gasteiger partial charge is 0.274 e. The lowest BCUT2D eigenvalue weighted by molar-refractivity contribution is -0.0848. The van der Waals surface area contributed by atoms with Crippen LogP contribution in [-0.4, -0.2) is 43.8 Å². The van der Waals surface area contributed by atoms with Gasteiger partial charge in [0.25, 0.3) is 11.8 Å². The zero-order valence-corrected chi connectivity index (χ0v) is 22.0. The van der Waals surface area contributed by atoms with E-state index in [9.17, 15) is 9.59 Å². The molecule has 0 saturated heterocycles. The molecule has 1 spiro atoms. The molecule has 3 aliphatic rings. The van der Waals surface area contributed by atoms with Crippen molar-refractivity contribution in [3.8, 4) is 11.6 Å². The summed E-state index contributed by atoms with van der Waals surface area (Å²) < 4.78 is 13.9. The van der Waals surface area contributed by atoms with Crippen LogP contribution in [0.1, 0.15) is 76.5 Å². The lowest BCUT2D eigenvalue weighted by atomic mass is 9.53. The van der Waals surface area contributed by atoms with E-state index in [0.29, 0.717) is 29.3 Å². The van der Waals surface area contributed by atoms with E-state index in [2.05, 4.69) is 20.6 Å². The molecule has 0 atom stereocenters. The zero-order valence-electron chi connectivity index (χ0n) is 22.0. The Morgan fingerprint density at radius 1 is 1.02 bits per heavy atom. The number of benzene rings is 1. The summed E-state index contributed by atoms with van der Waals surface area (Å²) in [6.07, 6.45) is 7.21. The van der Waals surface area contributed by atoms with E-state index in [1.54, 1.807) is 22.8 Å². The Balaban J connectivity index is 0.977. The maximum atomic E-state index is 13.2. The quantitative estimate of drug-likeness (QED) is 0.331. The van der Waals surface area contributed by atoms with Gasteiger partial charge in [0.05, 0.1) is 5.69 Å². The molecule has 1 aromatic carbocycles. The van der Waals surface area contributed by atoms with Crippen LogP contribution in [0.2, 0.25) is 0 Å². The highest BCUT2D eigenvalue weighted by atomic mass is 16.5. The average Bonchev–Trinajstić information content (AvgIpc) is 3.67. The molecule has 204 valence electrons. The van der Waals surface area contributed by atoms with Crippen molar-refractivity contribution in [2.24, 2.45) is 11.1 Å². The minimum Gasteiger partial charge on any atom is -0.487 e. The number of primary amides is 1. The Bertz CT molecular complexity index is 1580. The Morgan fingerprint density at radius 3 is 2.58 bits per heavy atom. The third-order valence-electron chi connectivity index (χ3n) is 8.32. The van der Waals surface area contributed by atoms with Gasteiger partial charge < -0.3 is 20.5 Å². The molecule has 2 amide bonds. The number of hydrogen-bond acceptors (Lipinski definition) is 7. The van der Waals surface area contributed by atoms with Crippen LogP contribution in [0.25, 0.3) is 5.52 Å². The molecule has 3 aromatic heterocycles. The van der Waals surface area contributed by atoms with Crippen molar-refractivity contribution < 1.29 is 19.1 Å². The summed E-state index contributed by atoms with van der Waals surface area (Å²) in [6.45, 7) is 0.470. The summed E-state index contributed by atoms with van der Waals surface area (Å²) in [5.41, 5.74) is 8.99. The van der Waals surface area contributed by atoms with Gasteiger partial charge in [-0.25, -0.2) is 9.50 Å². The van der Waals surface area contributed by atoms with Gasteiger partial charge in [-0.05, 0) is 73.8 Å². The lowest BCUT2D eigenvalue weighted by Crippen LogP contribution is -2.58. The molecule has 3 N–H and O–H groups in total. The minimum atomic E-state index is -0.551. The van der Waals surface area contributed by atoms with Gasteiger partial charge >= 0.3 is 0 Å². The fourth-order valence-corrected chi connectivity index (χ4v) is 6.21. The number of hydrogen-bond donors (Lipinski definition) is 2. The summed E-state index contributed by atoms with van der Waals surface area (Å²) in [5, 5.41) is 11.8. The second-order valence-electron chi connectivity index (χ2n) is 11.3. The van der Waals surface area contributed by atoms with E-state index in [1.807, 2.05) is 42.5 Å². The Hall–Kier alpha value is -4.47. The molecule has 0 radical (unpaired) electrons. The molecular formula is C30H30N6O4. The van der Waals surface area contributed by atoms with Crippen LogP contribution < -0.4 is 20.5 Å². The SMILES string of the molecule is NC(=O)c1cccnc1O[C@H]1CC2(C[C@H](NC(=O)c3nnn4c(C5CC5)c(OCc5ccccc5)ccc34)C2)C1. The van der Waals surface area contributed by atoms with Crippen LogP contribution in [-0.2, 0) is 6.61 Å². The number of carbonyl (C=O) groups is 2. The van der Waals surface area contributed by atoms with Crippen molar-refractivity contribution in [1.82, 2.24) is 25.1 Å². The van der Waals surface area contributed by atoms with Crippen LogP contribution in [0.5, 0.6) is 11.6 Å². The van der Waals surface area contributed by atoms with Crippen molar-refractivity contribution in [2.45, 2.75) is 63.2 Å². The third-order valence-corrected chi connectivity index (χ3v) is 8.32. The first-order chi connectivity index (χ1) is 19.5. The van der Waals surface area contributed by atoms with E-state index in [4.69, 9.17) is 15.2 Å². The molecule has 10 nitrogen and oxygen atoms in total. The molecule has 3 aliphatic carbocycles. The Kier molecular flexibility index (Phi) is 5.91. The van der Waals surface area contributed by atoms with Crippen molar-refractivity contribution >= 4 is 17.3 Å². The zero-order chi connectivity index (χ0) is 27.3. The van der Waals surface area contributed by atoms with Crippen LogP contribution in [0.4, 0.5) is 0 Å². The maximum Gasteiger partial charge on any atom is 0.274 e. The topological polar surface area (TPSA) is 134 Å². The number of amides is 2. The van der Waals surface area contributed by atoms with Crippen molar-refractivity contribution in [3.63, 3.8) is 0 Å². The van der Waals surface area contributed by atoms with Crippen molar-refractivity contribution in [2.75, 3.05) is 0 Å². The molecular weight excluding hydrogens is 508 g/mol. The molecule has 0 aliphatic heterocycles. The van der Waals surface area contributed by atoms with Crippen LogP contribution in [0.15, 0.2) is 60.8 Å². The molecule has 10 heteroatoms. The van der Waals surface area contributed by atoms with Gasteiger partial charge in [-0.15, -0.1) is 5.10 Å². The molecule has 40 heavy (non-hydrogen) atoms. The first-order valence-electron chi connectivity index (χ1n) is 13.8. The van der Waals surface area contributed by atoms with Crippen molar-refractivity contribution in [1.29, 1.82) is 0 Å². The molecule has 0 bridgehead atoms. The second-order valence-corrected chi connectivity index (χ2v) is 11.3. The monoisotopic (exact) mass is 538 g/mol. The van der Waals surface area contributed by atoms with Gasteiger partial charge in [-0.1, -0.05) is 35.5 Å². The number of ether oxygens (including phenoxy) is 2. The standard InChI is InChI=1S/C30H30N6O4/c31-27(37)22-7-4-12-32-29(22)40-21-15-30(16-21)13-20(14-30)33-28(38)25-23-10-11-24(39-17-18-5-2-1-3-6-18)26(19-8-9-19)36(23)35-34-25/h1-7,10-12,19-21H,8-9,13-17H2,(H2,31,37)(H,33,38)/t20-,21-,30?. The first-order valence-corrected chi connectivity index (χ1v) is 13.8. The van der Waals surface area contributed by atoms with Gasteiger partial charge in [0.15, 0.2) is 5.69 Å². The predicted molar refractivity (Wildman–Crippen MR) is 145 cm³/mol. The Labute approximate surface area is 230 Å². The number of nitrogens with zero attached hydrogens (tertiary/aromatic N) is 4. The van der Waals surface area contributed by atoms with Crippen LogP contribution >= 0.6 is 0 Å². The average molecular weight is 539 g/mol. The summed E-state index contributed by atoms with van der Waals surface area (Å²) in [5.74, 6) is 0.674. The van der Waals surface area contributed by atoms with Crippen molar-refractivity contribution in [3.05, 3.63) is 83.3 Å². The lowest BCUT2D eigenvalue weighted by Gasteiger charge is -2.57. The fraction of sp³-hybridized carbons (Fsp3) is 0.367. The summed E-state index contributed by atoms with van der Waals surface area (Å²) >= 11 is 0. The molecule has 3 heterocycles. The van der Waals surface area contributed by atoms with Gasteiger partial charge in [-0.3, -0.25) is 9.59 Å². The summed E-state index contributed by atoms with van der Waals surface area (Å²) in [4.78, 5) is 29.0. The van der Waals surface area contributed by atoms with Gasteiger partial charge in [0, 0.05) is 18.2 Å². The third kappa shape index (κ3) is 4.53. The molecule has 3 saturated carbocycles. The van der Waals surface area contributed by atoms with Gasteiger partial charge in [0.1, 0.15) is 29.5 Å². The highest BCUT2D eigenvalue weighted by Crippen LogP contribution is 2.57. The van der Waals surface area contributed by atoms with E-state index >= 15 is 0 Å².